The first-order valence-electron chi connectivity index (χ1n) is 6.33. The van der Waals surface area contributed by atoms with E-state index in [1.165, 1.54) is 13.8 Å². The van der Waals surface area contributed by atoms with Crippen molar-refractivity contribution in [1.29, 1.82) is 0 Å². The number of hydrogen-bond acceptors (Lipinski definition) is 6. The summed E-state index contributed by atoms with van der Waals surface area (Å²) in [7, 11) is 0. The number of nitrogens with zero attached hydrogens (tertiary/aromatic N) is 5. The monoisotopic (exact) mass is 335 g/mol. The number of carbonyl (C=O) groups is 1. The molecular formula is C11H12F3N5O4. The van der Waals surface area contributed by atoms with Gasteiger partial charge in [-0.3, -0.25) is 19.6 Å². The van der Waals surface area contributed by atoms with Gasteiger partial charge in [-0.2, -0.15) is 28.4 Å². The highest BCUT2D eigenvalue weighted by Gasteiger charge is 2.63. The van der Waals surface area contributed by atoms with Gasteiger partial charge in [0.25, 0.3) is 11.6 Å². The van der Waals surface area contributed by atoms with Crippen LogP contribution in [-0.4, -0.2) is 48.3 Å². The summed E-state index contributed by atoms with van der Waals surface area (Å²) < 4.78 is 40.1. The van der Waals surface area contributed by atoms with Gasteiger partial charge in [0.05, 0.1) is 4.92 Å². The molecule has 1 aromatic rings. The minimum absolute atomic E-state index is 0.0412. The molecule has 0 aromatic carbocycles. The van der Waals surface area contributed by atoms with Crippen molar-refractivity contribution in [1.82, 2.24) is 14.8 Å². The molecule has 0 radical (unpaired) electrons. The summed E-state index contributed by atoms with van der Waals surface area (Å²) in [5.74, 6) is -1.19. The molecule has 2 atom stereocenters. The zero-order valence-electron chi connectivity index (χ0n) is 12.0. The molecule has 1 aliphatic heterocycles. The highest BCUT2D eigenvalue weighted by Crippen LogP contribution is 2.41. The Balaban J connectivity index is 2.32. The SMILES string of the molecule is CC1=NN(C(=O)[C@@H](C)n2cc([N+](=O)[O-])cn2)[C@](O)(C(F)(F)F)C1. The van der Waals surface area contributed by atoms with E-state index < -0.39 is 40.9 Å². The molecule has 0 unspecified atom stereocenters. The molecule has 2 heterocycles. The van der Waals surface area contributed by atoms with Crippen molar-refractivity contribution in [2.75, 3.05) is 0 Å². The fourth-order valence-corrected chi connectivity index (χ4v) is 2.10. The molecule has 0 fully saturated rings. The van der Waals surface area contributed by atoms with Gasteiger partial charge < -0.3 is 5.11 Å². The lowest BCUT2D eigenvalue weighted by molar-refractivity contribution is -0.385. The third-order valence-electron chi connectivity index (χ3n) is 3.34. The molecule has 0 saturated carbocycles. The molecule has 0 bridgehead atoms. The molecule has 12 heteroatoms. The second-order valence-electron chi connectivity index (χ2n) is 5.09. The predicted molar refractivity (Wildman–Crippen MR) is 69.2 cm³/mol. The van der Waals surface area contributed by atoms with Crippen LogP contribution >= 0.6 is 0 Å². The van der Waals surface area contributed by atoms with E-state index in [-0.39, 0.29) is 10.7 Å². The molecule has 9 nitrogen and oxygen atoms in total. The smallest absolute Gasteiger partial charge is 0.362 e. The maximum atomic E-state index is 13.1. The highest BCUT2D eigenvalue weighted by molar-refractivity contribution is 5.90. The molecule has 1 amide bonds. The second-order valence-corrected chi connectivity index (χ2v) is 5.09. The molecule has 1 aromatic heterocycles. The lowest BCUT2D eigenvalue weighted by atomic mass is 10.1. The summed E-state index contributed by atoms with van der Waals surface area (Å²) in [5, 5.41) is 27.4. The number of amides is 1. The van der Waals surface area contributed by atoms with E-state index in [1.807, 2.05) is 0 Å². The Kier molecular flexibility index (Phi) is 3.88. The van der Waals surface area contributed by atoms with Crippen LogP contribution < -0.4 is 0 Å². The first-order valence-corrected chi connectivity index (χ1v) is 6.33. The number of aromatic nitrogens is 2. The second kappa shape index (κ2) is 5.30. The molecule has 0 spiro atoms. The van der Waals surface area contributed by atoms with Crippen molar-refractivity contribution in [2.24, 2.45) is 5.10 Å². The van der Waals surface area contributed by atoms with Gasteiger partial charge >= 0.3 is 11.9 Å². The van der Waals surface area contributed by atoms with Crippen LogP contribution in [0.4, 0.5) is 18.9 Å². The summed E-state index contributed by atoms with van der Waals surface area (Å²) in [6.45, 7) is 2.44. The fourth-order valence-electron chi connectivity index (χ4n) is 2.10. The van der Waals surface area contributed by atoms with Gasteiger partial charge in [-0.05, 0) is 13.8 Å². The fraction of sp³-hybridized carbons (Fsp3) is 0.545. The Labute approximate surface area is 127 Å². The van der Waals surface area contributed by atoms with Crippen molar-refractivity contribution in [2.45, 2.75) is 38.2 Å². The number of hydrogen-bond donors (Lipinski definition) is 1. The Bertz CT molecular complexity index is 685. The van der Waals surface area contributed by atoms with Crippen LogP contribution in [0.25, 0.3) is 0 Å². The number of halogens is 3. The Morgan fingerprint density at radius 2 is 2.17 bits per heavy atom. The quantitative estimate of drug-likeness (QED) is 0.659. The van der Waals surface area contributed by atoms with Crippen LogP contribution in [0.15, 0.2) is 17.5 Å². The van der Waals surface area contributed by atoms with E-state index in [0.717, 1.165) is 17.1 Å². The Hall–Kier alpha value is -2.50. The van der Waals surface area contributed by atoms with Crippen LogP contribution in [0, 0.1) is 10.1 Å². The average molecular weight is 335 g/mol. The number of alkyl halides is 3. The van der Waals surface area contributed by atoms with Gasteiger partial charge in [0.15, 0.2) is 0 Å². The molecule has 1 aliphatic rings. The first kappa shape index (κ1) is 16.9. The summed E-state index contributed by atoms with van der Waals surface area (Å²) in [6.07, 6.45) is -4.21. The molecule has 0 aliphatic carbocycles. The largest absolute Gasteiger partial charge is 0.438 e. The van der Waals surface area contributed by atoms with Crippen LogP contribution in [0.5, 0.6) is 0 Å². The molecule has 0 saturated heterocycles. The number of aliphatic hydroxyl groups is 1. The summed E-state index contributed by atoms with van der Waals surface area (Å²) in [6, 6.07) is -1.33. The van der Waals surface area contributed by atoms with E-state index in [9.17, 15) is 33.2 Å². The molecule has 23 heavy (non-hydrogen) atoms. The van der Waals surface area contributed by atoms with Gasteiger partial charge in [-0.15, -0.1) is 0 Å². The van der Waals surface area contributed by atoms with Gasteiger partial charge in [-0.1, -0.05) is 0 Å². The maximum absolute atomic E-state index is 13.1. The van der Waals surface area contributed by atoms with Gasteiger partial charge in [0, 0.05) is 12.1 Å². The topological polar surface area (TPSA) is 114 Å². The van der Waals surface area contributed by atoms with Gasteiger partial charge in [0.1, 0.15) is 18.4 Å². The van der Waals surface area contributed by atoms with Crippen molar-refractivity contribution in [3.63, 3.8) is 0 Å². The number of rotatable bonds is 3. The number of carbonyl (C=O) groups excluding carboxylic acids is 1. The lowest BCUT2D eigenvalue weighted by Gasteiger charge is -2.33. The minimum atomic E-state index is -5.11. The zero-order valence-corrected chi connectivity index (χ0v) is 12.0. The molecule has 126 valence electrons. The van der Waals surface area contributed by atoms with E-state index in [1.54, 1.807) is 0 Å². The van der Waals surface area contributed by atoms with Crippen molar-refractivity contribution < 1.29 is 28.0 Å². The highest BCUT2D eigenvalue weighted by atomic mass is 19.4. The van der Waals surface area contributed by atoms with Crippen molar-refractivity contribution in [3.8, 4) is 0 Å². The van der Waals surface area contributed by atoms with Gasteiger partial charge in [0.2, 0.25) is 0 Å². The van der Waals surface area contributed by atoms with Crippen LogP contribution in [0.3, 0.4) is 0 Å². The van der Waals surface area contributed by atoms with Crippen LogP contribution in [0.2, 0.25) is 0 Å². The zero-order chi connectivity index (χ0) is 17.6. The Morgan fingerprint density at radius 3 is 2.65 bits per heavy atom. The van der Waals surface area contributed by atoms with Crippen LogP contribution in [0.1, 0.15) is 26.3 Å². The van der Waals surface area contributed by atoms with Crippen molar-refractivity contribution >= 4 is 17.3 Å². The third kappa shape index (κ3) is 2.76. The summed E-state index contributed by atoms with van der Waals surface area (Å²) in [4.78, 5) is 22.1. The maximum Gasteiger partial charge on any atom is 0.438 e. The van der Waals surface area contributed by atoms with E-state index in [4.69, 9.17) is 0 Å². The lowest BCUT2D eigenvalue weighted by Crippen LogP contribution is -2.57. The number of hydrazone groups is 1. The van der Waals surface area contributed by atoms with Crippen LogP contribution in [-0.2, 0) is 4.79 Å². The standard InChI is InChI=1S/C11H12F3N5O4/c1-6-3-10(21,11(12,13)14)18(16-6)9(20)7(2)17-5-8(4-15-17)19(22)23/h4-5,7,21H,3H2,1-2H3/t7-,10-/m1/s1. The summed E-state index contributed by atoms with van der Waals surface area (Å²) >= 11 is 0. The third-order valence-corrected chi connectivity index (χ3v) is 3.34. The predicted octanol–water partition coefficient (Wildman–Crippen LogP) is 1.21. The minimum Gasteiger partial charge on any atom is -0.362 e. The average Bonchev–Trinajstić information content (AvgIpc) is 3.01. The molecular weight excluding hydrogens is 323 g/mol. The Morgan fingerprint density at radius 1 is 1.57 bits per heavy atom. The molecule has 1 N–H and O–H groups in total. The molecule has 2 rings (SSSR count). The van der Waals surface area contributed by atoms with E-state index in [0.29, 0.717) is 0 Å². The van der Waals surface area contributed by atoms with Crippen molar-refractivity contribution in [3.05, 3.63) is 22.5 Å². The number of nitro groups is 1. The first-order chi connectivity index (χ1) is 10.5. The van der Waals surface area contributed by atoms with Gasteiger partial charge in [-0.25, -0.2) is 0 Å². The van der Waals surface area contributed by atoms with E-state index >= 15 is 0 Å². The summed E-state index contributed by atoms with van der Waals surface area (Å²) in [5.41, 5.74) is -3.93. The normalized spacial score (nSPS) is 22.9. The van der Waals surface area contributed by atoms with E-state index in [2.05, 4.69) is 10.2 Å².